The van der Waals surface area contributed by atoms with Gasteiger partial charge in [0, 0.05) is 25.2 Å². The average molecular weight is 233 g/mol. The molecule has 3 amide bonds. The summed E-state index contributed by atoms with van der Waals surface area (Å²) >= 11 is 0. The third kappa shape index (κ3) is 2.75. The van der Waals surface area contributed by atoms with Gasteiger partial charge in [0.05, 0.1) is 0 Å². The number of nitrogens with two attached hydrogens (primary N) is 1. The van der Waals surface area contributed by atoms with E-state index in [1.807, 2.05) is 6.07 Å². The van der Waals surface area contributed by atoms with Crippen LogP contribution in [0.15, 0.2) is 24.3 Å². The Bertz CT molecular complexity index is 441. The van der Waals surface area contributed by atoms with Crippen LogP contribution in [0.2, 0.25) is 0 Å². The Morgan fingerprint density at radius 3 is 2.71 bits per heavy atom. The van der Waals surface area contributed by atoms with E-state index in [-0.39, 0.29) is 6.03 Å². The van der Waals surface area contributed by atoms with E-state index in [1.165, 1.54) is 0 Å². The minimum Gasteiger partial charge on any atom is -0.366 e. The van der Waals surface area contributed by atoms with E-state index in [0.29, 0.717) is 12.1 Å². The molecular weight excluding hydrogens is 218 g/mol. The van der Waals surface area contributed by atoms with E-state index in [2.05, 4.69) is 5.32 Å². The van der Waals surface area contributed by atoms with Gasteiger partial charge in [-0.15, -0.1) is 0 Å². The van der Waals surface area contributed by atoms with Crippen LogP contribution in [0.4, 0.5) is 4.79 Å². The quantitative estimate of drug-likeness (QED) is 0.806. The molecule has 0 unspecified atom stereocenters. The Labute approximate surface area is 99.6 Å². The second-order valence-electron chi connectivity index (χ2n) is 4.06. The number of primary amides is 1. The lowest BCUT2D eigenvalue weighted by Crippen LogP contribution is -2.47. The second kappa shape index (κ2) is 4.86. The van der Waals surface area contributed by atoms with Crippen molar-refractivity contribution in [2.45, 2.75) is 13.0 Å². The first-order valence-corrected chi connectivity index (χ1v) is 5.58. The number of urea groups is 1. The number of hydrogen-bond acceptors (Lipinski definition) is 2. The third-order valence-corrected chi connectivity index (χ3v) is 2.80. The van der Waals surface area contributed by atoms with E-state index in [0.717, 1.165) is 25.1 Å². The van der Waals surface area contributed by atoms with Crippen LogP contribution in [0.3, 0.4) is 0 Å². The standard InChI is InChI=1S/C12H15N3O2/c13-11(16)10-4-1-3-9(7-10)8-14-12(17)15-5-2-6-15/h1,3-4,7H,2,5-6,8H2,(H2,13,16)(H,14,17). The number of nitrogens with one attached hydrogen (secondary N) is 1. The predicted molar refractivity (Wildman–Crippen MR) is 63.4 cm³/mol. The maximum absolute atomic E-state index is 11.5. The molecule has 0 spiro atoms. The highest BCUT2D eigenvalue weighted by atomic mass is 16.2. The highest BCUT2D eigenvalue weighted by molar-refractivity contribution is 5.92. The summed E-state index contributed by atoms with van der Waals surface area (Å²) in [7, 11) is 0. The topological polar surface area (TPSA) is 75.4 Å². The molecule has 5 heteroatoms. The van der Waals surface area contributed by atoms with Gasteiger partial charge in [0.15, 0.2) is 0 Å². The molecule has 1 aliphatic rings. The largest absolute Gasteiger partial charge is 0.366 e. The molecule has 1 heterocycles. The van der Waals surface area contributed by atoms with Gasteiger partial charge in [0.1, 0.15) is 0 Å². The fourth-order valence-electron chi connectivity index (χ4n) is 1.64. The normalized spacial score (nSPS) is 14.0. The fraction of sp³-hybridized carbons (Fsp3) is 0.333. The summed E-state index contributed by atoms with van der Waals surface area (Å²) in [6, 6.07) is 6.90. The van der Waals surface area contributed by atoms with Gasteiger partial charge in [-0.2, -0.15) is 0 Å². The molecule has 1 saturated heterocycles. The molecule has 0 saturated carbocycles. The molecule has 1 fully saturated rings. The predicted octanol–water partition coefficient (Wildman–Crippen LogP) is 0.701. The lowest BCUT2D eigenvalue weighted by Gasteiger charge is -2.30. The Morgan fingerprint density at radius 2 is 2.12 bits per heavy atom. The van der Waals surface area contributed by atoms with E-state index in [4.69, 9.17) is 5.73 Å². The summed E-state index contributed by atoms with van der Waals surface area (Å²) < 4.78 is 0. The first-order chi connectivity index (χ1) is 8.16. The first kappa shape index (κ1) is 11.4. The second-order valence-corrected chi connectivity index (χ2v) is 4.06. The first-order valence-electron chi connectivity index (χ1n) is 5.58. The Morgan fingerprint density at radius 1 is 1.35 bits per heavy atom. The van der Waals surface area contributed by atoms with Crippen LogP contribution in [0.25, 0.3) is 0 Å². The molecule has 0 aliphatic carbocycles. The number of likely N-dealkylation sites (tertiary alicyclic amines) is 1. The number of nitrogens with zero attached hydrogens (tertiary/aromatic N) is 1. The minimum atomic E-state index is -0.457. The average Bonchev–Trinajstić information content (AvgIpc) is 2.24. The van der Waals surface area contributed by atoms with Crippen LogP contribution in [-0.4, -0.2) is 29.9 Å². The maximum Gasteiger partial charge on any atom is 0.317 e. The summed E-state index contributed by atoms with van der Waals surface area (Å²) in [4.78, 5) is 24.3. The van der Waals surface area contributed by atoms with E-state index >= 15 is 0 Å². The molecule has 2 rings (SSSR count). The van der Waals surface area contributed by atoms with Crippen LogP contribution < -0.4 is 11.1 Å². The molecule has 1 aliphatic heterocycles. The summed E-state index contributed by atoms with van der Waals surface area (Å²) in [5, 5.41) is 2.80. The zero-order valence-corrected chi connectivity index (χ0v) is 9.48. The van der Waals surface area contributed by atoms with Gasteiger partial charge in [-0.1, -0.05) is 12.1 Å². The van der Waals surface area contributed by atoms with Crippen molar-refractivity contribution in [3.63, 3.8) is 0 Å². The minimum absolute atomic E-state index is 0.0549. The van der Waals surface area contributed by atoms with E-state index < -0.39 is 5.91 Å². The molecule has 0 atom stereocenters. The number of carbonyl (C=O) groups excluding carboxylic acids is 2. The van der Waals surface area contributed by atoms with Gasteiger partial charge in [-0.05, 0) is 24.1 Å². The van der Waals surface area contributed by atoms with Crippen molar-refractivity contribution in [3.05, 3.63) is 35.4 Å². The van der Waals surface area contributed by atoms with Crippen molar-refractivity contribution in [3.8, 4) is 0 Å². The summed E-state index contributed by atoms with van der Waals surface area (Å²) in [5.74, 6) is -0.457. The highest BCUT2D eigenvalue weighted by Crippen LogP contribution is 2.07. The van der Waals surface area contributed by atoms with Crippen LogP contribution in [-0.2, 0) is 6.54 Å². The van der Waals surface area contributed by atoms with Crippen molar-refractivity contribution in [1.82, 2.24) is 10.2 Å². The number of amides is 3. The molecule has 90 valence electrons. The van der Waals surface area contributed by atoms with Gasteiger partial charge in [-0.3, -0.25) is 4.79 Å². The monoisotopic (exact) mass is 233 g/mol. The Balaban J connectivity index is 1.91. The smallest absolute Gasteiger partial charge is 0.317 e. The number of benzene rings is 1. The molecule has 5 nitrogen and oxygen atoms in total. The summed E-state index contributed by atoms with van der Waals surface area (Å²) in [5.41, 5.74) is 6.51. The van der Waals surface area contributed by atoms with Crippen LogP contribution in [0.1, 0.15) is 22.3 Å². The van der Waals surface area contributed by atoms with Crippen molar-refractivity contribution >= 4 is 11.9 Å². The lowest BCUT2D eigenvalue weighted by molar-refractivity contribution is 0.1000. The van der Waals surface area contributed by atoms with Crippen molar-refractivity contribution < 1.29 is 9.59 Å². The van der Waals surface area contributed by atoms with E-state index in [1.54, 1.807) is 23.1 Å². The van der Waals surface area contributed by atoms with Gasteiger partial charge >= 0.3 is 6.03 Å². The fourth-order valence-corrected chi connectivity index (χ4v) is 1.64. The van der Waals surface area contributed by atoms with Crippen molar-refractivity contribution in [2.75, 3.05) is 13.1 Å². The molecule has 17 heavy (non-hydrogen) atoms. The Kier molecular flexibility index (Phi) is 3.27. The van der Waals surface area contributed by atoms with Crippen LogP contribution in [0.5, 0.6) is 0 Å². The SMILES string of the molecule is NC(=O)c1cccc(CNC(=O)N2CCC2)c1. The number of carbonyl (C=O) groups is 2. The summed E-state index contributed by atoms with van der Waals surface area (Å²) in [6.45, 7) is 2.07. The molecular formula is C12H15N3O2. The number of hydrogen-bond donors (Lipinski definition) is 2. The van der Waals surface area contributed by atoms with Gasteiger partial charge in [0.25, 0.3) is 0 Å². The van der Waals surface area contributed by atoms with E-state index in [9.17, 15) is 9.59 Å². The molecule has 1 aromatic carbocycles. The zero-order valence-electron chi connectivity index (χ0n) is 9.48. The van der Waals surface area contributed by atoms with Crippen molar-refractivity contribution in [1.29, 1.82) is 0 Å². The lowest BCUT2D eigenvalue weighted by atomic mass is 10.1. The molecule has 0 radical (unpaired) electrons. The highest BCUT2D eigenvalue weighted by Gasteiger charge is 2.19. The summed E-state index contributed by atoms with van der Waals surface area (Å²) in [6.07, 6.45) is 1.07. The number of rotatable bonds is 3. The molecule has 3 N–H and O–H groups in total. The van der Waals surface area contributed by atoms with Crippen LogP contribution in [0, 0.1) is 0 Å². The molecule has 0 aromatic heterocycles. The molecule has 1 aromatic rings. The van der Waals surface area contributed by atoms with Crippen LogP contribution >= 0.6 is 0 Å². The van der Waals surface area contributed by atoms with Gasteiger partial charge < -0.3 is 16.0 Å². The van der Waals surface area contributed by atoms with Crippen molar-refractivity contribution in [2.24, 2.45) is 5.73 Å². The Hall–Kier alpha value is -2.04. The third-order valence-electron chi connectivity index (χ3n) is 2.80. The van der Waals surface area contributed by atoms with Gasteiger partial charge in [-0.25, -0.2) is 4.79 Å². The molecule has 0 bridgehead atoms. The van der Waals surface area contributed by atoms with Gasteiger partial charge in [0.2, 0.25) is 5.91 Å². The maximum atomic E-state index is 11.5. The zero-order chi connectivity index (χ0) is 12.3.